The summed E-state index contributed by atoms with van der Waals surface area (Å²) in [6.45, 7) is 0. The summed E-state index contributed by atoms with van der Waals surface area (Å²) in [7, 11) is 0. The molecule has 0 atom stereocenters. The zero-order chi connectivity index (χ0) is 13.7. The lowest BCUT2D eigenvalue weighted by atomic mass is 9.96. The molecule has 0 saturated heterocycles. The Morgan fingerprint density at radius 2 is 1.85 bits per heavy atom. The van der Waals surface area contributed by atoms with Gasteiger partial charge in [0.25, 0.3) is 0 Å². The predicted octanol–water partition coefficient (Wildman–Crippen LogP) is 4.14. The molecule has 0 spiro atoms. The highest BCUT2D eigenvalue weighted by atomic mass is 35.5. The molecule has 1 aliphatic rings. The molecule has 2 aromatic carbocycles. The zero-order valence-electron chi connectivity index (χ0n) is 10.8. The third kappa shape index (κ3) is 1.63. The van der Waals surface area contributed by atoms with Crippen LogP contribution in [0.25, 0.3) is 11.1 Å². The minimum absolute atomic E-state index is 0.101. The fourth-order valence-corrected chi connectivity index (χ4v) is 2.88. The van der Waals surface area contributed by atoms with Crippen molar-refractivity contribution in [2.45, 2.75) is 18.3 Å². The van der Waals surface area contributed by atoms with E-state index in [9.17, 15) is 0 Å². The van der Waals surface area contributed by atoms with Crippen LogP contribution in [0.1, 0.15) is 24.3 Å². The van der Waals surface area contributed by atoms with Crippen LogP contribution >= 0.6 is 11.6 Å². The summed E-state index contributed by atoms with van der Waals surface area (Å²) in [4.78, 5) is 4.62. The Balaban J connectivity index is 1.86. The fourth-order valence-electron chi connectivity index (χ4n) is 2.67. The molecule has 1 heterocycles. The lowest BCUT2D eigenvalue weighted by Gasteiger charge is -2.11. The van der Waals surface area contributed by atoms with Crippen molar-refractivity contribution in [2.24, 2.45) is 0 Å². The number of nitrogens with zero attached hydrogens (tertiary/aromatic N) is 1. The van der Waals surface area contributed by atoms with Crippen LogP contribution < -0.4 is 5.73 Å². The van der Waals surface area contributed by atoms with E-state index in [1.165, 1.54) is 5.56 Å². The fraction of sp³-hybridized carbons (Fsp3) is 0.188. The summed E-state index contributed by atoms with van der Waals surface area (Å²) in [5.74, 6) is 0.755. The molecule has 1 aromatic heterocycles. The minimum atomic E-state index is -0.101. The third-order valence-electron chi connectivity index (χ3n) is 3.99. The van der Waals surface area contributed by atoms with Crippen molar-refractivity contribution in [1.29, 1.82) is 0 Å². The summed E-state index contributed by atoms with van der Waals surface area (Å²) in [6, 6.07) is 13.6. The van der Waals surface area contributed by atoms with Crippen LogP contribution in [-0.2, 0) is 5.41 Å². The number of anilines is 1. The Morgan fingerprint density at radius 3 is 2.50 bits per heavy atom. The van der Waals surface area contributed by atoms with E-state index in [4.69, 9.17) is 21.8 Å². The quantitative estimate of drug-likeness (QED) is 0.720. The van der Waals surface area contributed by atoms with Crippen LogP contribution in [0.5, 0.6) is 0 Å². The van der Waals surface area contributed by atoms with Gasteiger partial charge in [0, 0.05) is 5.69 Å². The molecule has 0 radical (unpaired) electrons. The molecule has 4 heteroatoms. The number of nitrogen functional groups attached to an aromatic ring is 1. The first kappa shape index (κ1) is 11.8. The van der Waals surface area contributed by atoms with Gasteiger partial charge in [-0.15, -0.1) is 0 Å². The van der Waals surface area contributed by atoms with E-state index < -0.39 is 0 Å². The average molecular weight is 285 g/mol. The van der Waals surface area contributed by atoms with Crippen molar-refractivity contribution in [3.05, 3.63) is 58.9 Å². The van der Waals surface area contributed by atoms with Crippen LogP contribution in [0.3, 0.4) is 0 Å². The van der Waals surface area contributed by atoms with Gasteiger partial charge in [0.2, 0.25) is 5.89 Å². The number of benzene rings is 2. The van der Waals surface area contributed by atoms with Crippen molar-refractivity contribution in [3.8, 4) is 0 Å². The second-order valence-electron chi connectivity index (χ2n) is 5.31. The number of fused-ring (bicyclic) bond motifs is 1. The number of para-hydroxylation sites is 1. The summed E-state index contributed by atoms with van der Waals surface area (Å²) in [5, 5.41) is 0.606. The second-order valence-corrected chi connectivity index (χ2v) is 5.72. The Labute approximate surface area is 121 Å². The first-order chi connectivity index (χ1) is 9.69. The van der Waals surface area contributed by atoms with E-state index in [2.05, 4.69) is 17.1 Å². The van der Waals surface area contributed by atoms with Gasteiger partial charge in [-0.05, 0) is 42.7 Å². The molecule has 100 valence electrons. The number of rotatable bonds is 2. The van der Waals surface area contributed by atoms with Gasteiger partial charge in [-0.25, -0.2) is 4.98 Å². The van der Waals surface area contributed by atoms with Gasteiger partial charge < -0.3 is 10.2 Å². The van der Waals surface area contributed by atoms with Gasteiger partial charge in [0.1, 0.15) is 5.52 Å². The van der Waals surface area contributed by atoms with Crippen LogP contribution in [0.15, 0.2) is 46.9 Å². The molecule has 4 rings (SSSR count). The van der Waals surface area contributed by atoms with E-state index in [1.807, 2.05) is 30.3 Å². The van der Waals surface area contributed by atoms with Crippen molar-refractivity contribution in [2.75, 3.05) is 5.73 Å². The van der Waals surface area contributed by atoms with Crippen molar-refractivity contribution in [1.82, 2.24) is 4.98 Å². The molecule has 3 nitrogen and oxygen atoms in total. The third-order valence-corrected chi connectivity index (χ3v) is 4.29. The molecular formula is C16H13ClN2O. The Hall–Kier alpha value is -2.00. The predicted molar refractivity (Wildman–Crippen MR) is 79.9 cm³/mol. The maximum atomic E-state index is 6.16. The zero-order valence-corrected chi connectivity index (χ0v) is 11.5. The normalized spacial score (nSPS) is 16.4. The summed E-state index contributed by atoms with van der Waals surface area (Å²) in [6.07, 6.45) is 2.09. The topological polar surface area (TPSA) is 52.0 Å². The molecule has 3 aromatic rings. The highest BCUT2D eigenvalue weighted by molar-refractivity contribution is 6.34. The molecular weight excluding hydrogens is 272 g/mol. The molecule has 0 unspecified atom stereocenters. The number of halogens is 1. The molecule has 1 aliphatic carbocycles. The molecule has 0 aliphatic heterocycles. The van der Waals surface area contributed by atoms with E-state index in [-0.39, 0.29) is 5.41 Å². The summed E-state index contributed by atoms with van der Waals surface area (Å²) in [5.41, 5.74) is 9.11. The van der Waals surface area contributed by atoms with E-state index >= 15 is 0 Å². The number of oxazole rings is 1. The van der Waals surface area contributed by atoms with Gasteiger partial charge in [-0.3, -0.25) is 0 Å². The minimum Gasteiger partial charge on any atom is -0.438 e. The van der Waals surface area contributed by atoms with Gasteiger partial charge >= 0.3 is 0 Å². The van der Waals surface area contributed by atoms with E-state index in [0.29, 0.717) is 10.6 Å². The maximum Gasteiger partial charge on any atom is 0.206 e. The second kappa shape index (κ2) is 4.00. The monoisotopic (exact) mass is 284 g/mol. The maximum absolute atomic E-state index is 6.16. The molecule has 2 N–H and O–H groups in total. The first-order valence-corrected chi connectivity index (χ1v) is 6.98. The van der Waals surface area contributed by atoms with Gasteiger partial charge in [-0.1, -0.05) is 29.8 Å². The standard InChI is InChI=1S/C16H13ClN2O/c17-12-2-1-3-13-14(12)20-15(19-13)16(8-9-16)10-4-6-11(18)7-5-10/h1-7H,8-9,18H2. The lowest BCUT2D eigenvalue weighted by Crippen LogP contribution is -2.08. The number of hydrogen-bond donors (Lipinski definition) is 1. The highest BCUT2D eigenvalue weighted by Crippen LogP contribution is 2.53. The Kier molecular flexibility index (Phi) is 2.36. The van der Waals surface area contributed by atoms with Crippen molar-refractivity contribution >= 4 is 28.4 Å². The Morgan fingerprint density at radius 1 is 1.10 bits per heavy atom. The molecule has 1 fully saturated rings. The Bertz CT molecular complexity index is 788. The van der Waals surface area contributed by atoms with E-state index in [1.54, 1.807) is 0 Å². The van der Waals surface area contributed by atoms with Gasteiger partial charge in [-0.2, -0.15) is 0 Å². The first-order valence-electron chi connectivity index (χ1n) is 6.61. The smallest absolute Gasteiger partial charge is 0.206 e. The number of aromatic nitrogens is 1. The van der Waals surface area contributed by atoms with Crippen LogP contribution in [-0.4, -0.2) is 4.98 Å². The van der Waals surface area contributed by atoms with Crippen molar-refractivity contribution < 1.29 is 4.42 Å². The lowest BCUT2D eigenvalue weighted by molar-refractivity contribution is 0.492. The SMILES string of the molecule is Nc1ccc(C2(c3nc4cccc(Cl)c4o3)CC2)cc1. The van der Waals surface area contributed by atoms with E-state index in [0.717, 1.165) is 29.9 Å². The van der Waals surface area contributed by atoms with Crippen molar-refractivity contribution in [3.63, 3.8) is 0 Å². The van der Waals surface area contributed by atoms with Crippen LogP contribution in [0.4, 0.5) is 5.69 Å². The molecule has 1 saturated carbocycles. The summed E-state index contributed by atoms with van der Waals surface area (Å²) >= 11 is 6.16. The molecule has 20 heavy (non-hydrogen) atoms. The van der Waals surface area contributed by atoms with Gasteiger partial charge in [0.15, 0.2) is 5.58 Å². The molecule has 0 amide bonds. The number of nitrogens with two attached hydrogens (primary N) is 1. The van der Waals surface area contributed by atoms with Crippen LogP contribution in [0, 0.1) is 0 Å². The number of hydrogen-bond acceptors (Lipinski definition) is 3. The van der Waals surface area contributed by atoms with Gasteiger partial charge in [0.05, 0.1) is 10.4 Å². The largest absolute Gasteiger partial charge is 0.438 e. The average Bonchev–Trinajstić information content (AvgIpc) is 3.13. The van der Waals surface area contributed by atoms with Crippen LogP contribution in [0.2, 0.25) is 5.02 Å². The molecule has 0 bridgehead atoms. The summed E-state index contributed by atoms with van der Waals surface area (Å²) < 4.78 is 5.94. The highest BCUT2D eigenvalue weighted by Gasteiger charge is 2.50.